The molecular formula is C23H46O2. The fraction of sp³-hybridized carbons (Fsp3) is 0.957. The van der Waals surface area contributed by atoms with Crippen molar-refractivity contribution in [1.82, 2.24) is 0 Å². The highest BCUT2D eigenvalue weighted by Gasteiger charge is 2.41. The molecule has 0 bridgehead atoms. The third kappa shape index (κ3) is 9.66. The van der Waals surface area contributed by atoms with E-state index in [1.165, 1.54) is 77.0 Å². The van der Waals surface area contributed by atoms with E-state index in [2.05, 4.69) is 13.8 Å². The number of hydrogen-bond acceptors (Lipinski definition) is 1. The van der Waals surface area contributed by atoms with E-state index in [-0.39, 0.29) is 0 Å². The Labute approximate surface area is 158 Å². The summed E-state index contributed by atoms with van der Waals surface area (Å²) in [5.74, 6) is -0.244. The Hall–Kier alpha value is -0.530. The van der Waals surface area contributed by atoms with Crippen LogP contribution in [0.15, 0.2) is 0 Å². The SMILES string of the molecule is CCCCCCCCCCCCCCC(CC)C(CC)(CC)C(=O)O. The van der Waals surface area contributed by atoms with Crippen molar-refractivity contribution >= 4 is 5.97 Å². The average Bonchev–Trinajstić information content (AvgIpc) is 2.61. The fourth-order valence-corrected chi connectivity index (χ4v) is 4.41. The number of unbranched alkanes of at least 4 members (excludes halogenated alkanes) is 11. The lowest BCUT2D eigenvalue weighted by Crippen LogP contribution is -2.37. The molecule has 0 aromatic carbocycles. The average molecular weight is 355 g/mol. The van der Waals surface area contributed by atoms with E-state index < -0.39 is 11.4 Å². The molecule has 0 rings (SSSR count). The topological polar surface area (TPSA) is 37.3 Å². The van der Waals surface area contributed by atoms with Crippen LogP contribution in [0.2, 0.25) is 0 Å². The number of aliphatic carboxylic acids is 1. The van der Waals surface area contributed by atoms with Crippen molar-refractivity contribution in [2.45, 2.75) is 130 Å². The standard InChI is InChI=1S/C23H46O2/c1-5-9-10-11-12-13-14-15-16-17-18-19-20-21(6-2)23(7-3,8-4)22(24)25/h21H,5-20H2,1-4H3,(H,24,25). The van der Waals surface area contributed by atoms with Crippen molar-refractivity contribution in [3.63, 3.8) is 0 Å². The fourth-order valence-electron chi connectivity index (χ4n) is 4.41. The number of carboxylic acids is 1. The summed E-state index contributed by atoms with van der Waals surface area (Å²) in [6, 6.07) is 0. The third-order valence-corrected chi connectivity index (χ3v) is 6.37. The van der Waals surface area contributed by atoms with Gasteiger partial charge in [0.15, 0.2) is 0 Å². The van der Waals surface area contributed by atoms with E-state index in [9.17, 15) is 9.90 Å². The van der Waals surface area contributed by atoms with Crippen LogP contribution in [-0.4, -0.2) is 11.1 Å². The zero-order valence-corrected chi connectivity index (χ0v) is 17.7. The molecule has 0 aliphatic heterocycles. The minimum atomic E-state index is -0.580. The number of rotatable bonds is 18. The Balaban J connectivity index is 3.76. The van der Waals surface area contributed by atoms with Crippen LogP contribution in [0.4, 0.5) is 0 Å². The van der Waals surface area contributed by atoms with Gasteiger partial charge in [-0.25, -0.2) is 0 Å². The summed E-state index contributed by atoms with van der Waals surface area (Å²) in [4.78, 5) is 11.8. The molecule has 0 aliphatic carbocycles. The Kier molecular flexibility index (Phi) is 15.4. The molecule has 0 heterocycles. The van der Waals surface area contributed by atoms with Gasteiger partial charge in [-0.05, 0) is 25.2 Å². The lowest BCUT2D eigenvalue weighted by molar-refractivity contribution is -0.153. The number of hydrogen-bond donors (Lipinski definition) is 1. The molecule has 0 fully saturated rings. The molecular weight excluding hydrogens is 308 g/mol. The highest BCUT2D eigenvalue weighted by Crippen LogP contribution is 2.40. The van der Waals surface area contributed by atoms with Crippen molar-refractivity contribution in [1.29, 1.82) is 0 Å². The van der Waals surface area contributed by atoms with Crippen molar-refractivity contribution in [2.24, 2.45) is 11.3 Å². The van der Waals surface area contributed by atoms with Gasteiger partial charge in [0.1, 0.15) is 0 Å². The molecule has 0 spiro atoms. The summed E-state index contributed by atoms with van der Waals surface area (Å²) in [5, 5.41) is 9.72. The van der Waals surface area contributed by atoms with E-state index in [1.807, 2.05) is 13.8 Å². The largest absolute Gasteiger partial charge is 0.481 e. The zero-order chi connectivity index (χ0) is 19.0. The first-order valence-corrected chi connectivity index (χ1v) is 11.3. The second kappa shape index (κ2) is 15.7. The van der Waals surface area contributed by atoms with Gasteiger partial charge in [0.05, 0.1) is 5.41 Å². The molecule has 1 atom stereocenters. The van der Waals surface area contributed by atoms with E-state index in [0.717, 1.165) is 25.7 Å². The highest BCUT2D eigenvalue weighted by atomic mass is 16.4. The lowest BCUT2D eigenvalue weighted by atomic mass is 9.68. The maximum absolute atomic E-state index is 11.8. The minimum Gasteiger partial charge on any atom is -0.481 e. The summed E-state index contributed by atoms with van der Waals surface area (Å²) in [6.45, 7) is 8.52. The molecule has 0 radical (unpaired) electrons. The first kappa shape index (κ1) is 24.5. The van der Waals surface area contributed by atoms with Crippen molar-refractivity contribution in [2.75, 3.05) is 0 Å². The highest BCUT2D eigenvalue weighted by molar-refractivity contribution is 5.74. The van der Waals surface area contributed by atoms with Gasteiger partial charge in [0.25, 0.3) is 0 Å². The molecule has 0 amide bonds. The van der Waals surface area contributed by atoms with E-state index in [1.54, 1.807) is 0 Å². The molecule has 0 aliphatic rings. The first-order valence-electron chi connectivity index (χ1n) is 11.3. The molecule has 2 nitrogen and oxygen atoms in total. The first-order chi connectivity index (χ1) is 12.1. The number of carboxylic acid groups (broad SMARTS) is 1. The van der Waals surface area contributed by atoms with Gasteiger partial charge in [0.2, 0.25) is 0 Å². The number of carbonyl (C=O) groups is 1. The molecule has 0 saturated carbocycles. The molecule has 150 valence electrons. The summed E-state index contributed by atoms with van der Waals surface area (Å²) in [5.41, 5.74) is -0.494. The Morgan fingerprint density at radius 2 is 1.12 bits per heavy atom. The van der Waals surface area contributed by atoms with E-state index >= 15 is 0 Å². The van der Waals surface area contributed by atoms with Gasteiger partial charge in [-0.2, -0.15) is 0 Å². The van der Waals surface area contributed by atoms with Crippen molar-refractivity contribution in [3.05, 3.63) is 0 Å². The van der Waals surface area contributed by atoms with Crippen LogP contribution in [0.25, 0.3) is 0 Å². The Morgan fingerprint density at radius 1 is 0.720 bits per heavy atom. The predicted octanol–water partition coefficient (Wildman–Crippen LogP) is 7.99. The minimum absolute atomic E-state index is 0.336. The molecule has 2 heteroatoms. The van der Waals surface area contributed by atoms with Crippen LogP contribution in [0, 0.1) is 11.3 Å². The van der Waals surface area contributed by atoms with E-state index in [4.69, 9.17) is 0 Å². The zero-order valence-electron chi connectivity index (χ0n) is 17.7. The molecule has 1 N–H and O–H groups in total. The van der Waals surface area contributed by atoms with Crippen LogP contribution in [0.3, 0.4) is 0 Å². The summed E-state index contributed by atoms with van der Waals surface area (Å²) < 4.78 is 0. The van der Waals surface area contributed by atoms with Gasteiger partial charge in [-0.1, -0.05) is 111 Å². The van der Waals surface area contributed by atoms with Crippen LogP contribution < -0.4 is 0 Å². The van der Waals surface area contributed by atoms with Crippen LogP contribution in [0.1, 0.15) is 130 Å². The maximum Gasteiger partial charge on any atom is 0.309 e. The second-order valence-corrected chi connectivity index (χ2v) is 7.95. The van der Waals surface area contributed by atoms with Gasteiger partial charge in [-0.15, -0.1) is 0 Å². The van der Waals surface area contributed by atoms with Gasteiger partial charge in [-0.3, -0.25) is 4.79 Å². The quantitative estimate of drug-likeness (QED) is 0.253. The maximum atomic E-state index is 11.8. The monoisotopic (exact) mass is 354 g/mol. The smallest absolute Gasteiger partial charge is 0.309 e. The summed E-state index contributed by atoms with van der Waals surface area (Å²) >= 11 is 0. The molecule has 0 saturated heterocycles. The molecule has 0 aromatic heterocycles. The van der Waals surface area contributed by atoms with Crippen molar-refractivity contribution < 1.29 is 9.90 Å². The molecule has 0 aromatic rings. The van der Waals surface area contributed by atoms with Gasteiger partial charge < -0.3 is 5.11 Å². The predicted molar refractivity (Wildman–Crippen MR) is 110 cm³/mol. The van der Waals surface area contributed by atoms with Crippen LogP contribution in [-0.2, 0) is 4.79 Å². The molecule has 1 unspecified atom stereocenters. The molecule has 25 heavy (non-hydrogen) atoms. The Bertz CT molecular complexity index is 307. The van der Waals surface area contributed by atoms with E-state index in [0.29, 0.717) is 5.92 Å². The normalized spacial score (nSPS) is 13.1. The van der Waals surface area contributed by atoms with Crippen molar-refractivity contribution in [3.8, 4) is 0 Å². The Morgan fingerprint density at radius 3 is 1.44 bits per heavy atom. The van der Waals surface area contributed by atoms with Crippen LogP contribution >= 0.6 is 0 Å². The second-order valence-electron chi connectivity index (χ2n) is 7.95. The third-order valence-electron chi connectivity index (χ3n) is 6.37. The summed E-state index contributed by atoms with van der Waals surface area (Å²) in [7, 11) is 0. The van der Waals surface area contributed by atoms with Gasteiger partial charge in [0, 0.05) is 0 Å². The lowest BCUT2D eigenvalue weighted by Gasteiger charge is -2.35. The summed E-state index contributed by atoms with van der Waals surface area (Å²) in [6.07, 6.45) is 19.9. The van der Waals surface area contributed by atoms with Crippen LogP contribution in [0.5, 0.6) is 0 Å². The van der Waals surface area contributed by atoms with Gasteiger partial charge >= 0.3 is 5.97 Å².